The fourth-order valence-corrected chi connectivity index (χ4v) is 0.418. The summed E-state index contributed by atoms with van der Waals surface area (Å²) in [5.74, 6) is 0.810. The lowest BCUT2D eigenvalue weighted by Crippen LogP contribution is -2.19. The highest BCUT2D eigenvalue weighted by molar-refractivity contribution is 4.98. The zero-order valence-electron chi connectivity index (χ0n) is 5.47. The van der Waals surface area contributed by atoms with Gasteiger partial charge in [0.25, 0.3) is 0 Å². The monoisotopic (exact) mass is 116 g/mol. The van der Waals surface area contributed by atoms with E-state index in [0.29, 0.717) is 0 Å². The van der Waals surface area contributed by atoms with Crippen molar-refractivity contribution < 1.29 is 10.2 Å². The molecule has 2 radical (unpaired) electrons. The fourth-order valence-electron chi connectivity index (χ4n) is 0.418. The molecule has 2 nitrogen and oxygen atoms in total. The van der Waals surface area contributed by atoms with E-state index in [-0.39, 0.29) is 6.10 Å². The van der Waals surface area contributed by atoms with Gasteiger partial charge in [-0.3, -0.25) is 0 Å². The van der Waals surface area contributed by atoms with Crippen molar-refractivity contribution in [3.63, 3.8) is 0 Å². The SMILES string of the molecule is C[C](C)C(O)[C](C)O. The summed E-state index contributed by atoms with van der Waals surface area (Å²) in [5.41, 5.74) is 0. The van der Waals surface area contributed by atoms with Gasteiger partial charge < -0.3 is 10.2 Å². The van der Waals surface area contributed by atoms with Crippen LogP contribution in [0.1, 0.15) is 20.8 Å². The van der Waals surface area contributed by atoms with Gasteiger partial charge in [-0.2, -0.15) is 0 Å². The summed E-state index contributed by atoms with van der Waals surface area (Å²) in [4.78, 5) is 0. The molecule has 0 bridgehead atoms. The molecule has 2 N–H and O–H groups in total. The van der Waals surface area contributed by atoms with Gasteiger partial charge in [-0.25, -0.2) is 0 Å². The average molecular weight is 116 g/mol. The molecule has 0 aliphatic heterocycles. The van der Waals surface area contributed by atoms with Crippen LogP contribution in [0.2, 0.25) is 0 Å². The van der Waals surface area contributed by atoms with Crippen LogP contribution >= 0.6 is 0 Å². The summed E-state index contributed by atoms with van der Waals surface area (Å²) in [6, 6.07) is 0. The molecule has 0 aromatic heterocycles. The van der Waals surface area contributed by atoms with Crippen LogP contribution < -0.4 is 0 Å². The third-order valence-corrected chi connectivity index (χ3v) is 0.943. The van der Waals surface area contributed by atoms with E-state index in [0.717, 1.165) is 5.92 Å². The fraction of sp³-hybridized carbons (Fsp3) is 0.667. The number of rotatable bonds is 2. The summed E-state index contributed by atoms with van der Waals surface area (Å²) >= 11 is 0. The summed E-state index contributed by atoms with van der Waals surface area (Å²) in [7, 11) is 0. The molecule has 0 aromatic rings. The van der Waals surface area contributed by atoms with Gasteiger partial charge in [0, 0.05) is 5.92 Å². The molecule has 48 valence electrons. The number of hydrogen-bond acceptors (Lipinski definition) is 2. The quantitative estimate of drug-likeness (QED) is 0.562. The molecule has 0 rings (SSSR count). The molecule has 8 heavy (non-hydrogen) atoms. The van der Waals surface area contributed by atoms with Gasteiger partial charge >= 0.3 is 0 Å². The van der Waals surface area contributed by atoms with E-state index < -0.39 is 6.10 Å². The second-order valence-electron chi connectivity index (χ2n) is 2.12. The van der Waals surface area contributed by atoms with Crippen molar-refractivity contribution in [2.75, 3.05) is 0 Å². The van der Waals surface area contributed by atoms with Crippen molar-refractivity contribution in [2.24, 2.45) is 0 Å². The van der Waals surface area contributed by atoms with Crippen molar-refractivity contribution in [1.29, 1.82) is 0 Å². The van der Waals surface area contributed by atoms with Gasteiger partial charge in [0.15, 0.2) is 0 Å². The highest BCUT2D eigenvalue weighted by Gasteiger charge is 2.15. The first kappa shape index (κ1) is 7.92. The topological polar surface area (TPSA) is 40.5 Å². The van der Waals surface area contributed by atoms with Gasteiger partial charge in [-0.1, -0.05) is 13.8 Å². The Balaban J connectivity index is 3.46. The van der Waals surface area contributed by atoms with Crippen LogP contribution in [0.25, 0.3) is 0 Å². The maximum atomic E-state index is 8.88. The van der Waals surface area contributed by atoms with E-state index >= 15 is 0 Å². The summed E-state index contributed by atoms with van der Waals surface area (Å²) < 4.78 is 0. The first-order valence-electron chi connectivity index (χ1n) is 2.56. The molecule has 1 unspecified atom stereocenters. The van der Waals surface area contributed by atoms with Crippen molar-refractivity contribution in [3.05, 3.63) is 12.0 Å². The Labute approximate surface area is 50.2 Å². The van der Waals surface area contributed by atoms with Crippen molar-refractivity contribution in [1.82, 2.24) is 0 Å². The standard InChI is InChI=1S/C6H12O2/c1-4(2)6(8)5(3)7/h6-8H,1-3H3. The van der Waals surface area contributed by atoms with E-state index in [1.165, 1.54) is 6.92 Å². The van der Waals surface area contributed by atoms with Crippen LogP contribution in [0.5, 0.6) is 0 Å². The van der Waals surface area contributed by atoms with Crippen LogP contribution in [-0.2, 0) is 0 Å². The van der Waals surface area contributed by atoms with Gasteiger partial charge in [0.05, 0.1) is 6.10 Å². The molecular weight excluding hydrogens is 104 g/mol. The third-order valence-electron chi connectivity index (χ3n) is 0.943. The van der Waals surface area contributed by atoms with E-state index in [9.17, 15) is 0 Å². The molecule has 0 heterocycles. The second kappa shape index (κ2) is 3.05. The van der Waals surface area contributed by atoms with Crippen molar-refractivity contribution >= 4 is 0 Å². The molecule has 0 aliphatic rings. The molecule has 0 aliphatic carbocycles. The first-order chi connectivity index (χ1) is 3.55. The molecule has 0 spiro atoms. The maximum absolute atomic E-state index is 8.88. The van der Waals surface area contributed by atoms with Crippen LogP contribution in [-0.4, -0.2) is 16.3 Å². The normalized spacial score (nSPS) is 15.4. The lowest BCUT2D eigenvalue weighted by Gasteiger charge is -2.14. The maximum Gasteiger partial charge on any atom is 0.119 e. The Hall–Kier alpha value is -0.0800. The highest BCUT2D eigenvalue weighted by Crippen LogP contribution is 2.11. The molecule has 0 saturated carbocycles. The van der Waals surface area contributed by atoms with Gasteiger partial charge in [-0.05, 0) is 6.92 Å². The molecule has 0 amide bonds. The molecule has 2 heteroatoms. The highest BCUT2D eigenvalue weighted by atomic mass is 16.3. The lowest BCUT2D eigenvalue weighted by atomic mass is 10.0. The minimum Gasteiger partial charge on any atom is -0.389 e. The number of aliphatic hydroxyl groups excluding tert-OH is 2. The summed E-state index contributed by atoms with van der Waals surface area (Å²) in [6.07, 6.45) is -0.681. The van der Waals surface area contributed by atoms with Crippen molar-refractivity contribution in [2.45, 2.75) is 26.9 Å². The van der Waals surface area contributed by atoms with Gasteiger partial charge in [-0.15, -0.1) is 0 Å². The van der Waals surface area contributed by atoms with Gasteiger partial charge in [0.1, 0.15) is 6.10 Å². The summed E-state index contributed by atoms with van der Waals surface area (Å²) in [5, 5.41) is 17.5. The van der Waals surface area contributed by atoms with E-state index in [2.05, 4.69) is 0 Å². The smallest absolute Gasteiger partial charge is 0.119 e. The van der Waals surface area contributed by atoms with Crippen molar-refractivity contribution in [3.8, 4) is 0 Å². The number of hydrogen-bond donors (Lipinski definition) is 2. The Morgan fingerprint density at radius 1 is 1.25 bits per heavy atom. The molecule has 1 atom stereocenters. The second-order valence-corrected chi connectivity index (χ2v) is 2.12. The predicted molar refractivity (Wildman–Crippen MR) is 31.5 cm³/mol. The van der Waals surface area contributed by atoms with Crippen LogP contribution in [0.15, 0.2) is 0 Å². The molecule has 0 saturated heterocycles. The molecular formula is C6H12O2. The van der Waals surface area contributed by atoms with Crippen LogP contribution in [0.4, 0.5) is 0 Å². The predicted octanol–water partition coefficient (Wildman–Crippen LogP) is 0.886. The largest absolute Gasteiger partial charge is 0.389 e. The Kier molecular flexibility index (Phi) is 3.02. The first-order valence-corrected chi connectivity index (χ1v) is 2.56. The Bertz CT molecular complexity index is 51.5. The number of aliphatic hydroxyl groups is 2. The zero-order valence-corrected chi connectivity index (χ0v) is 5.47. The van der Waals surface area contributed by atoms with E-state index in [1.807, 2.05) is 0 Å². The Morgan fingerprint density at radius 2 is 1.62 bits per heavy atom. The minimum absolute atomic E-state index is 0.0602. The third kappa shape index (κ3) is 2.28. The van der Waals surface area contributed by atoms with Gasteiger partial charge in [0.2, 0.25) is 0 Å². The minimum atomic E-state index is -0.741. The van der Waals surface area contributed by atoms with E-state index in [4.69, 9.17) is 10.2 Å². The summed E-state index contributed by atoms with van der Waals surface area (Å²) in [6.45, 7) is 5.02. The average Bonchev–Trinajstić information content (AvgIpc) is 1.64. The van der Waals surface area contributed by atoms with E-state index in [1.54, 1.807) is 13.8 Å². The lowest BCUT2D eigenvalue weighted by molar-refractivity contribution is 0.115. The molecule has 0 fully saturated rings. The van der Waals surface area contributed by atoms with Crippen LogP contribution in [0.3, 0.4) is 0 Å². The zero-order chi connectivity index (χ0) is 6.73. The Morgan fingerprint density at radius 3 is 1.62 bits per heavy atom. The molecule has 0 aromatic carbocycles. The van der Waals surface area contributed by atoms with Crippen LogP contribution in [0, 0.1) is 12.0 Å².